The van der Waals surface area contributed by atoms with E-state index in [2.05, 4.69) is 51.6 Å². The number of aldehydes is 1. The number of carbonyl (C=O) groups excluding carboxylic acids is 1. The predicted molar refractivity (Wildman–Crippen MR) is 99.5 cm³/mol. The summed E-state index contributed by atoms with van der Waals surface area (Å²) >= 11 is 0. The van der Waals surface area contributed by atoms with Gasteiger partial charge in [0.25, 0.3) is 0 Å². The van der Waals surface area contributed by atoms with Crippen LogP contribution in [-0.2, 0) is 9.22 Å². The monoisotopic (exact) mass is 330 g/mol. The van der Waals surface area contributed by atoms with Gasteiger partial charge in [-0.3, -0.25) is 4.79 Å². The van der Waals surface area contributed by atoms with Gasteiger partial charge in [0.2, 0.25) is 0 Å². The van der Waals surface area contributed by atoms with Gasteiger partial charge in [-0.05, 0) is 43.8 Å². The molecule has 0 amide bonds. The van der Waals surface area contributed by atoms with Crippen molar-refractivity contribution in [2.75, 3.05) is 0 Å². The summed E-state index contributed by atoms with van der Waals surface area (Å²) in [5, 5.41) is 0.157. The van der Waals surface area contributed by atoms with Crippen LogP contribution in [0.2, 0.25) is 18.1 Å². The lowest BCUT2D eigenvalue weighted by atomic mass is 9.93. The Morgan fingerprint density at radius 3 is 2.48 bits per heavy atom. The molecule has 1 atom stereocenters. The van der Waals surface area contributed by atoms with Crippen molar-refractivity contribution in [1.82, 2.24) is 0 Å². The molecule has 0 radical (unpaired) electrons. The van der Waals surface area contributed by atoms with Gasteiger partial charge in [-0.25, -0.2) is 0 Å². The lowest BCUT2D eigenvalue weighted by Gasteiger charge is -2.38. The first-order chi connectivity index (χ1) is 10.7. The van der Waals surface area contributed by atoms with Gasteiger partial charge in [-0.15, -0.1) is 12.3 Å². The Morgan fingerprint density at radius 1 is 1.26 bits per heavy atom. The van der Waals surface area contributed by atoms with Crippen molar-refractivity contribution in [3.63, 3.8) is 0 Å². The van der Waals surface area contributed by atoms with E-state index in [1.54, 1.807) is 0 Å². The maximum absolute atomic E-state index is 11.1. The molecule has 1 aliphatic rings. The molecule has 1 aliphatic carbocycles. The van der Waals surface area contributed by atoms with Crippen molar-refractivity contribution < 1.29 is 9.22 Å². The highest BCUT2D eigenvalue weighted by Gasteiger charge is 2.38. The fourth-order valence-corrected chi connectivity index (χ4v) is 3.71. The third-order valence-electron chi connectivity index (χ3n) is 4.83. The lowest BCUT2D eigenvalue weighted by molar-refractivity contribution is -0.105. The lowest BCUT2D eigenvalue weighted by Crippen LogP contribution is -2.43. The van der Waals surface area contributed by atoms with Gasteiger partial charge < -0.3 is 4.43 Å². The largest absolute Gasteiger partial charge is 0.412 e. The highest BCUT2D eigenvalue weighted by Crippen LogP contribution is 2.37. The molecule has 0 aromatic carbocycles. The summed E-state index contributed by atoms with van der Waals surface area (Å²) in [6.07, 6.45) is 11.7. The summed E-state index contributed by atoms with van der Waals surface area (Å²) in [6, 6.07) is 0. The summed E-state index contributed by atoms with van der Waals surface area (Å²) in [4.78, 5) is 11.1. The first-order valence-electron chi connectivity index (χ1n) is 8.48. The van der Waals surface area contributed by atoms with Crippen molar-refractivity contribution in [2.45, 2.75) is 83.5 Å². The second kappa shape index (κ2) is 8.53. The summed E-state index contributed by atoms with van der Waals surface area (Å²) in [7, 11) is -1.85. The minimum absolute atomic E-state index is 0.0164. The van der Waals surface area contributed by atoms with Gasteiger partial charge in [-0.1, -0.05) is 32.6 Å². The maximum atomic E-state index is 11.1. The molecule has 3 heteroatoms. The van der Waals surface area contributed by atoms with Crippen LogP contribution >= 0.6 is 0 Å². The third-order valence-corrected chi connectivity index (χ3v) is 9.37. The Balaban J connectivity index is 2.79. The van der Waals surface area contributed by atoms with Crippen molar-refractivity contribution in [3.8, 4) is 24.2 Å². The Labute approximate surface area is 143 Å². The summed E-state index contributed by atoms with van der Waals surface area (Å²) in [6.45, 7) is 11.1. The zero-order chi connectivity index (χ0) is 17.5. The van der Waals surface area contributed by atoms with E-state index in [-0.39, 0.29) is 11.1 Å². The SMILES string of the molecule is C#CC[C@@H](CC#CC1=C(C=O)CCCC1)O[Si](C)(C)C(C)(C)C. The number of allylic oxidation sites excluding steroid dienone is 2. The van der Waals surface area contributed by atoms with Crippen LogP contribution in [-0.4, -0.2) is 20.7 Å². The Kier molecular flexibility index (Phi) is 7.32. The van der Waals surface area contributed by atoms with Crippen LogP contribution in [0.15, 0.2) is 11.1 Å². The van der Waals surface area contributed by atoms with Gasteiger partial charge in [0.1, 0.15) is 6.29 Å². The molecule has 0 N–H and O–H groups in total. The molecule has 1 rings (SSSR count). The minimum Gasteiger partial charge on any atom is -0.412 e. The second-order valence-corrected chi connectivity index (χ2v) is 12.5. The van der Waals surface area contributed by atoms with Crippen molar-refractivity contribution in [1.29, 1.82) is 0 Å². The van der Waals surface area contributed by atoms with Crippen LogP contribution in [0.1, 0.15) is 59.3 Å². The molecule has 23 heavy (non-hydrogen) atoms. The number of carbonyl (C=O) groups is 1. The van der Waals surface area contributed by atoms with E-state index in [4.69, 9.17) is 10.8 Å². The molecule has 126 valence electrons. The normalized spacial score (nSPS) is 17.0. The van der Waals surface area contributed by atoms with Crippen LogP contribution in [0.3, 0.4) is 0 Å². The molecule has 0 unspecified atom stereocenters. The topological polar surface area (TPSA) is 26.3 Å². The fraction of sp³-hybridized carbons (Fsp3) is 0.650. The van der Waals surface area contributed by atoms with Crippen LogP contribution in [0.25, 0.3) is 0 Å². The molecule has 2 nitrogen and oxygen atoms in total. The highest BCUT2D eigenvalue weighted by atomic mass is 28.4. The van der Waals surface area contributed by atoms with Crippen LogP contribution < -0.4 is 0 Å². The number of rotatable bonds is 5. The van der Waals surface area contributed by atoms with E-state index in [1.165, 1.54) is 0 Å². The summed E-state index contributed by atoms with van der Waals surface area (Å²) < 4.78 is 6.39. The molecule has 0 aromatic rings. The Bertz CT molecular complexity index is 547. The van der Waals surface area contributed by atoms with Crippen LogP contribution in [0.5, 0.6) is 0 Å². The number of terminal acetylenes is 1. The van der Waals surface area contributed by atoms with Gasteiger partial charge >= 0.3 is 0 Å². The van der Waals surface area contributed by atoms with E-state index in [1.807, 2.05) is 0 Å². The van der Waals surface area contributed by atoms with Crippen LogP contribution in [0, 0.1) is 24.2 Å². The summed E-state index contributed by atoms with van der Waals surface area (Å²) in [5.74, 6) is 9.13. The molecular formula is C20H30O2Si. The maximum Gasteiger partial charge on any atom is 0.192 e. The third kappa shape index (κ3) is 6.02. The fourth-order valence-electron chi connectivity index (χ4n) is 2.35. The standard InChI is InChI=1S/C20H30O2Si/c1-7-11-19(22-23(5,6)20(2,3)4)15-10-14-17-12-8-9-13-18(17)16-21/h1,16,19H,8-9,11-13,15H2,2-6H3/t19-/m0/s1. The highest BCUT2D eigenvalue weighted by molar-refractivity contribution is 6.74. The van der Waals surface area contributed by atoms with E-state index < -0.39 is 8.32 Å². The van der Waals surface area contributed by atoms with E-state index in [0.717, 1.165) is 43.1 Å². The Morgan fingerprint density at radius 2 is 1.91 bits per heavy atom. The van der Waals surface area contributed by atoms with Gasteiger partial charge in [-0.2, -0.15) is 0 Å². The Hall–Kier alpha value is -1.29. The molecule has 0 spiro atoms. The smallest absolute Gasteiger partial charge is 0.192 e. The molecule has 0 heterocycles. The zero-order valence-electron chi connectivity index (χ0n) is 15.3. The first-order valence-corrected chi connectivity index (χ1v) is 11.4. The van der Waals surface area contributed by atoms with Gasteiger partial charge in [0.05, 0.1) is 6.10 Å². The van der Waals surface area contributed by atoms with Gasteiger partial charge in [0.15, 0.2) is 8.32 Å². The molecule has 0 fully saturated rings. The van der Waals surface area contributed by atoms with E-state index in [0.29, 0.717) is 12.8 Å². The predicted octanol–water partition coefficient (Wildman–Crippen LogP) is 4.86. The second-order valence-electron chi connectivity index (χ2n) is 7.74. The van der Waals surface area contributed by atoms with Crippen molar-refractivity contribution >= 4 is 14.6 Å². The first kappa shape index (κ1) is 19.8. The molecule has 0 aliphatic heterocycles. The van der Waals surface area contributed by atoms with Crippen LogP contribution in [0.4, 0.5) is 0 Å². The zero-order valence-corrected chi connectivity index (χ0v) is 16.3. The van der Waals surface area contributed by atoms with E-state index in [9.17, 15) is 4.79 Å². The molecule has 0 aromatic heterocycles. The quantitative estimate of drug-likeness (QED) is 0.409. The number of hydrogen-bond acceptors (Lipinski definition) is 2. The average Bonchev–Trinajstić information content (AvgIpc) is 2.46. The molecule has 0 saturated carbocycles. The summed E-state index contributed by atoms with van der Waals surface area (Å²) in [5.41, 5.74) is 1.89. The van der Waals surface area contributed by atoms with Gasteiger partial charge in [0, 0.05) is 24.0 Å². The molecule has 0 saturated heterocycles. The molecule has 0 bridgehead atoms. The van der Waals surface area contributed by atoms with E-state index >= 15 is 0 Å². The number of hydrogen-bond donors (Lipinski definition) is 0. The minimum atomic E-state index is -1.85. The van der Waals surface area contributed by atoms with Crippen molar-refractivity contribution in [2.24, 2.45) is 0 Å². The molecular weight excluding hydrogens is 300 g/mol. The van der Waals surface area contributed by atoms with Crippen molar-refractivity contribution in [3.05, 3.63) is 11.1 Å². The average molecular weight is 331 g/mol.